The second-order valence-corrected chi connectivity index (χ2v) is 8.92. The Balaban J connectivity index is 1.20. The van der Waals surface area contributed by atoms with E-state index in [-0.39, 0.29) is 24.2 Å². The maximum absolute atomic E-state index is 13.2. The van der Waals surface area contributed by atoms with Crippen molar-refractivity contribution in [2.45, 2.75) is 44.4 Å². The van der Waals surface area contributed by atoms with Gasteiger partial charge in [-0.2, -0.15) is 4.98 Å². The Kier molecular flexibility index (Phi) is 5.38. The summed E-state index contributed by atoms with van der Waals surface area (Å²) in [7, 11) is 1.60. The van der Waals surface area contributed by atoms with Gasteiger partial charge in [-0.25, -0.2) is 0 Å². The van der Waals surface area contributed by atoms with Crippen molar-refractivity contribution in [2.75, 3.05) is 31.6 Å². The summed E-state index contributed by atoms with van der Waals surface area (Å²) in [4.78, 5) is 34.0. The third-order valence-corrected chi connectivity index (χ3v) is 6.56. The van der Waals surface area contributed by atoms with E-state index >= 15 is 0 Å². The molecular weight excluding hydrogens is 396 g/mol. The summed E-state index contributed by atoms with van der Waals surface area (Å²) >= 11 is 0. The standard InChI is InChI=1S/C23H28N4O4/c1-30-19-6-2-5-18(12-19)27-14-17(11-21(27)28)23(29)26-9-3-4-15(13-26)10-20-24-22(25-31-20)16-7-8-16/h2,5-6,12,15-17H,3-4,7-11,13-14H2,1H3. The lowest BCUT2D eigenvalue weighted by Crippen LogP contribution is -2.44. The van der Waals surface area contributed by atoms with Gasteiger partial charge in [0.15, 0.2) is 5.82 Å². The molecule has 0 spiro atoms. The Morgan fingerprint density at radius 1 is 1.26 bits per heavy atom. The van der Waals surface area contributed by atoms with Crippen LogP contribution in [0, 0.1) is 11.8 Å². The van der Waals surface area contributed by atoms with E-state index in [1.807, 2.05) is 29.2 Å². The number of rotatable bonds is 6. The fraction of sp³-hybridized carbons (Fsp3) is 0.565. The highest BCUT2D eigenvalue weighted by Gasteiger charge is 2.38. The summed E-state index contributed by atoms with van der Waals surface area (Å²) in [6, 6.07) is 7.42. The molecule has 0 N–H and O–H groups in total. The molecule has 1 aromatic heterocycles. The number of benzene rings is 1. The van der Waals surface area contributed by atoms with Crippen molar-refractivity contribution >= 4 is 17.5 Å². The van der Waals surface area contributed by atoms with Crippen LogP contribution in [0.5, 0.6) is 5.75 Å². The molecule has 1 aromatic carbocycles. The summed E-state index contributed by atoms with van der Waals surface area (Å²) in [6.45, 7) is 1.85. The van der Waals surface area contributed by atoms with E-state index in [0.29, 0.717) is 43.0 Å². The van der Waals surface area contributed by atoms with Gasteiger partial charge in [0.2, 0.25) is 17.7 Å². The SMILES string of the molecule is COc1cccc(N2CC(C(=O)N3CCCC(Cc4nc(C5CC5)no4)C3)CC2=O)c1. The number of amides is 2. The van der Waals surface area contributed by atoms with Crippen molar-refractivity contribution in [3.63, 3.8) is 0 Å². The number of methoxy groups -OCH3 is 1. The van der Waals surface area contributed by atoms with Crippen molar-refractivity contribution in [2.24, 2.45) is 11.8 Å². The molecule has 2 atom stereocenters. The van der Waals surface area contributed by atoms with Gasteiger partial charge >= 0.3 is 0 Å². The molecule has 0 bridgehead atoms. The van der Waals surface area contributed by atoms with E-state index in [1.165, 1.54) is 0 Å². The van der Waals surface area contributed by atoms with Crippen LogP contribution in [0.25, 0.3) is 0 Å². The van der Waals surface area contributed by atoms with Gasteiger partial charge in [-0.05, 0) is 43.7 Å². The number of hydrogen-bond acceptors (Lipinski definition) is 6. The van der Waals surface area contributed by atoms with E-state index in [0.717, 1.165) is 43.7 Å². The van der Waals surface area contributed by atoms with Gasteiger partial charge in [-0.1, -0.05) is 11.2 Å². The first-order chi connectivity index (χ1) is 15.1. The monoisotopic (exact) mass is 424 g/mol. The van der Waals surface area contributed by atoms with Gasteiger partial charge in [0.1, 0.15) is 5.75 Å². The predicted molar refractivity (Wildman–Crippen MR) is 113 cm³/mol. The van der Waals surface area contributed by atoms with Gasteiger partial charge in [-0.3, -0.25) is 9.59 Å². The number of carbonyl (C=O) groups excluding carboxylic acids is 2. The maximum atomic E-state index is 13.2. The largest absolute Gasteiger partial charge is 0.497 e. The molecule has 0 radical (unpaired) electrons. The molecule has 5 rings (SSSR count). The molecule has 2 aromatic rings. The average molecular weight is 425 g/mol. The Morgan fingerprint density at radius 2 is 2.13 bits per heavy atom. The summed E-state index contributed by atoms with van der Waals surface area (Å²) in [5.74, 6) is 2.77. The maximum Gasteiger partial charge on any atom is 0.228 e. The summed E-state index contributed by atoms with van der Waals surface area (Å²) < 4.78 is 10.7. The topological polar surface area (TPSA) is 88.8 Å². The molecular formula is C23H28N4O4. The molecule has 8 nitrogen and oxygen atoms in total. The third kappa shape index (κ3) is 4.29. The molecule has 2 saturated heterocycles. The van der Waals surface area contributed by atoms with Crippen LogP contribution in [0.4, 0.5) is 5.69 Å². The number of hydrogen-bond donors (Lipinski definition) is 0. The fourth-order valence-corrected chi connectivity index (χ4v) is 4.70. The number of carbonyl (C=O) groups is 2. The van der Waals surface area contributed by atoms with E-state index in [9.17, 15) is 9.59 Å². The fourth-order valence-electron chi connectivity index (χ4n) is 4.70. The van der Waals surface area contributed by atoms with Crippen molar-refractivity contribution in [1.29, 1.82) is 0 Å². The minimum absolute atomic E-state index is 0.0152. The highest BCUT2D eigenvalue weighted by atomic mass is 16.5. The van der Waals surface area contributed by atoms with Gasteiger partial charge < -0.3 is 19.1 Å². The van der Waals surface area contributed by atoms with Crippen molar-refractivity contribution in [3.8, 4) is 5.75 Å². The lowest BCUT2D eigenvalue weighted by molar-refractivity contribution is -0.137. The molecule has 2 aliphatic heterocycles. The van der Waals surface area contributed by atoms with Crippen LogP contribution in [0.15, 0.2) is 28.8 Å². The lowest BCUT2D eigenvalue weighted by atomic mass is 9.93. The van der Waals surface area contributed by atoms with E-state index in [1.54, 1.807) is 12.0 Å². The normalized spacial score (nSPS) is 24.0. The Morgan fingerprint density at radius 3 is 2.94 bits per heavy atom. The van der Waals surface area contributed by atoms with Gasteiger partial charge in [0.25, 0.3) is 0 Å². The van der Waals surface area contributed by atoms with Crippen LogP contribution in [0.1, 0.15) is 49.7 Å². The zero-order chi connectivity index (χ0) is 21.4. The Labute approximate surface area is 181 Å². The Bertz CT molecular complexity index is 970. The van der Waals surface area contributed by atoms with Crippen LogP contribution >= 0.6 is 0 Å². The molecule has 3 fully saturated rings. The van der Waals surface area contributed by atoms with Crippen molar-refractivity contribution in [3.05, 3.63) is 36.0 Å². The number of piperidine rings is 1. The first-order valence-corrected chi connectivity index (χ1v) is 11.2. The molecule has 164 valence electrons. The van der Waals surface area contributed by atoms with Gasteiger partial charge in [0.05, 0.1) is 13.0 Å². The van der Waals surface area contributed by atoms with Crippen LogP contribution in [0.2, 0.25) is 0 Å². The summed E-state index contributed by atoms with van der Waals surface area (Å²) in [6.07, 6.45) is 5.27. The van der Waals surface area contributed by atoms with E-state index in [4.69, 9.17) is 9.26 Å². The van der Waals surface area contributed by atoms with Gasteiger partial charge in [0, 0.05) is 50.1 Å². The first kappa shape index (κ1) is 20.0. The minimum atomic E-state index is -0.303. The number of likely N-dealkylation sites (tertiary alicyclic amines) is 1. The third-order valence-electron chi connectivity index (χ3n) is 6.56. The molecule has 2 amide bonds. The summed E-state index contributed by atoms with van der Waals surface area (Å²) in [5, 5.41) is 4.10. The lowest BCUT2D eigenvalue weighted by Gasteiger charge is -2.33. The highest BCUT2D eigenvalue weighted by molar-refractivity contribution is 6.00. The molecule has 8 heteroatoms. The highest BCUT2D eigenvalue weighted by Crippen LogP contribution is 2.38. The second-order valence-electron chi connectivity index (χ2n) is 8.92. The number of ether oxygens (including phenoxy) is 1. The second kappa shape index (κ2) is 8.32. The van der Waals surface area contributed by atoms with Crippen LogP contribution in [-0.2, 0) is 16.0 Å². The molecule has 1 aliphatic carbocycles. The number of nitrogens with zero attached hydrogens (tertiary/aromatic N) is 4. The first-order valence-electron chi connectivity index (χ1n) is 11.2. The Hall–Kier alpha value is -2.90. The quantitative estimate of drug-likeness (QED) is 0.709. The van der Waals surface area contributed by atoms with Crippen LogP contribution in [-0.4, -0.2) is 53.6 Å². The van der Waals surface area contributed by atoms with Crippen molar-refractivity contribution < 1.29 is 18.8 Å². The van der Waals surface area contributed by atoms with Gasteiger partial charge in [-0.15, -0.1) is 0 Å². The zero-order valence-corrected chi connectivity index (χ0v) is 17.8. The smallest absolute Gasteiger partial charge is 0.228 e. The van der Waals surface area contributed by atoms with E-state index in [2.05, 4.69) is 10.1 Å². The van der Waals surface area contributed by atoms with Crippen LogP contribution in [0.3, 0.4) is 0 Å². The average Bonchev–Trinajstić information content (AvgIpc) is 3.42. The van der Waals surface area contributed by atoms with Crippen LogP contribution < -0.4 is 9.64 Å². The van der Waals surface area contributed by atoms with Crippen molar-refractivity contribution in [1.82, 2.24) is 15.0 Å². The number of aromatic nitrogens is 2. The molecule has 3 heterocycles. The molecule has 31 heavy (non-hydrogen) atoms. The molecule has 2 unspecified atom stereocenters. The molecule has 1 saturated carbocycles. The number of anilines is 1. The van der Waals surface area contributed by atoms with E-state index < -0.39 is 0 Å². The summed E-state index contributed by atoms with van der Waals surface area (Å²) in [5.41, 5.74) is 0.777. The molecule has 3 aliphatic rings. The zero-order valence-electron chi connectivity index (χ0n) is 17.8. The minimum Gasteiger partial charge on any atom is -0.497 e. The predicted octanol–water partition coefficient (Wildman–Crippen LogP) is 2.79.